The molecule has 0 radical (unpaired) electrons. The summed E-state index contributed by atoms with van der Waals surface area (Å²) in [5.41, 5.74) is -0.0633. The second-order valence-corrected chi connectivity index (χ2v) is 6.69. The first-order valence-electron chi connectivity index (χ1n) is 5.77. The van der Waals surface area contributed by atoms with Crippen molar-refractivity contribution in [3.05, 3.63) is 32.8 Å². The number of benzene rings is 1. The number of hydrogen-bond donors (Lipinski definition) is 1. The van der Waals surface area contributed by atoms with E-state index in [4.69, 9.17) is 11.6 Å². The lowest BCUT2D eigenvalue weighted by Crippen LogP contribution is -2.32. The molecule has 0 saturated heterocycles. The molecule has 9 heteroatoms. The molecule has 20 heavy (non-hydrogen) atoms. The summed E-state index contributed by atoms with van der Waals surface area (Å²) in [5, 5.41) is 13.8. The fourth-order valence-corrected chi connectivity index (χ4v) is 3.05. The molecule has 1 aromatic carbocycles. The lowest BCUT2D eigenvalue weighted by atomic mass is 10.2. The molecule has 0 heterocycles. The van der Waals surface area contributed by atoms with E-state index < -0.39 is 14.9 Å². The SMILES string of the molecule is CNCCN(C)S(=O)(=O)c1cc(Cl)c(C)c([N+](=O)[O-])c1. The third kappa shape index (κ3) is 3.45. The molecule has 1 rings (SSSR count). The van der Waals surface area contributed by atoms with Gasteiger partial charge in [-0.1, -0.05) is 11.6 Å². The average Bonchev–Trinajstić information content (AvgIpc) is 2.38. The second kappa shape index (κ2) is 6.49. The Balaban J connectivity index is 3.29. The van der Waals surface area contributed by atoms with E-state index in [-0.39, 0.29) is 27.7 Å². The summed E-state index contributed by atoms with van der Waals surface area (Å²) in [6, 6.07) is 2.27. The fraction of sp³-hybridized carbons (Fsp3) is 0.455. The highest BCUT2D eigenvalue weighted by molar-refractivity contribution is 7.89. The van der Waals surface area contributed by atoms with Crippen molar-refractivity contribution in [1.82, 2.24) is 9.62 Å². The van der Waals surface area contributed by atoms with Crippen molar-refractivity contribution in [2.75, 3.05) is 27.2 Å². The molecular weight excluding hydrogens is 306 g/mol. The molecule has 0 bridgehead atoms. The van der Waals surface area contributed by atoms with Gasteiger partial charge in [0, 0.05) is 31.8 Å². The number of hydrogen-bond acceptors (Lipinski definition) is 5. The molecule has 0 aliphatic rings. The Hall–Kier alpha value is -1.22. The Morgan fingerprint density at radius 1 is 1.45 bits per heavy atom. The molecule has 112 valence electrons. The minimum absolute atomic E-state index is 0.0554. The number of nitrogens with one attached hydrogen (secondary N) is 1. The summed E-state index contributed by atoms with van der Waals surface area (Å²) < 4.78 is 25.7. The van der Waals surface area contributed by atoms with Crippen LogP contribution < -0.4 is 5.32 Å². The zero-order valence-corrected chi connectivity index (χ0v) is 13.0. The van der Waals surface area contributed by atoms with E-state index in [1.54, 1.807) is 7.05 Å². The van der Waals surface area contributed by atoms with E-state index in [0.29, 0.717) is 6.54 Å². The maximum absolute atomic E-state index is 12.3. The quantitative estimate of drug-likeness (QED) is 0.631. The van der Waals surface area contributed by atoms with E-state index in [0.717, 1.165) is 10.4 Å². The van der Waals surface area contributed by atoms with Gasteiger partial charge >= 0.3 is 0 Å². The third-order valence-corrected chi connectivity index (χ3v) is 5.10. The maximum Gasteiger partial charge on any atom is 0.275 e. The number of rotatable bonds is 6. The van der Waals surface area contributed by atoms with Crippen molar-refractivity contribution in [3.63, 3.8) is 0 Å². The Morgan fingerprint density at radius 2 is 2.05 bits per heavy atom. The molecule has 0 spiro atoms. The van der Waals surface area contributed by atoms with Gasteiger partial charge < -0.3 is 5.32 Å². The fourth-order valence-electron chi connectivity index (χ4n) is 1.55. The van der Waals surface area contributed by atoms with E-state index in [1.807, 2.05) is 0 Å². The number of nitrogens with zero attached hydrogens (tertiary/aromatic N) is 2. The van der Waals surface area contributed by atoms with Crippen LogP contribution in [0.25, 0.3) is 0 Å². The van der Waals surface area contributed by atoms with Gasteiger partial charge in [0.25, 0.3) is 5.69 Å². The van der Waals surface area contributed by atoms with Gasteiger partial charge in [-0.25, -0.2) is 8.42 Å². The molecule has 1 N–H and O–H groups in total. The van der Waals surface area contributed by atoms with Crippen molar-refractivity contribution in [3.8, 4) is 0 Å². The zero-order chi connectivity index (χ0) is 15.5. The minimum Gasteiger partial charge on any atom is -0.318 e. The Morgan fingerprint density at radius 3 is 2.55 bits per heavy atom. The number of sulfonamides is 1. The summed E-state index contributed by atoms with van der Waals surface area (Å²) in [7, 11) is -0.691. The number of halogens is 1. The van der Waals surface area contributed by atoms with E-state index in [2.05, 4.69) is 5.32 Å². The number of likely N-dealkylation sites (N-methyl/N-ethyl adjacent to an activating group) is 2. The Kier molecular flexibility index (Phi) is 5.46. The summed E-state index contributed by atoms with van der Waals surface area (Å²) in [6.07, 6.45) is 0. The van der Waals surface area contributed by atoms with Crippen LogP contribution in [0.15, 0.2) is 17.0 Å². The first kappa shape index (κ1) is 16.8. The normalized spacial score (nSPS) is 11.8. The first-order chi connectivity index (χ1) is 9.21. The number of nitro benzene ring substituents is 1. The zero-order valence-electron chi connectivity index (χ0n) is 11.4. The molecule has 0 amide bonds. The maximum atomic E-state index is 12.3. The summed E-state index contributed by atoms with van der Waals surface area (Å²) in [6.45, 7) is 2.19. The van der Waals surface area contributed by atoms with Crippen molar-refractivity contribution >= 4 is 27.3 Å². The van der Waals surface area contributed by atoms with Gasteiger partial charge in [-0.15, -0.1) is 0 Å². The van der Waals surface area contributed by atoms with Crippen molar-refractivity contribution < 1.29 is 13.3 Å². The monoisotopic (exact) mass is 321 g/mol. The number of nitro groups is 1. The largest absolute Gasteiger partial charge is 0.318 e. The topological polar surface area (TPSA) is 92.6 Å². The van der Waals surface area contributed by atoms with Gasteiger partial charge in [0.1, 0.15) is 0 Å². The van der Waals surface area contributed by atoms with Gasteiger partial charge in [0.2, 0.25) is 10.0 Å². The molecule has 0 aliphatic heterocycles. The van der Waals surface area contributed by atoms with E-state index in [1.165, 1.54) is 20.0 Å². The smallest absolute Gasteiger partial charge is 0.275 e. The molecule has 0 aromatic heterocycles. The lowest BCUT2D eigenvalue weighted by Gasteiger charge is -2.17. The van der Waals surface area contributed by atoms with Gasteiger partial charge in [-0.05, 0) is 20.0 Å². The third-order valence-electron chi connectivity index (χ3n) is 2.87. The highest BCUT2D eigenvalue weighted by atomic mass is 35.5. The van der Waals surface area contributed by atoms with E-state index in [9.17, 15) is 18.5 Å². The molecule has 0 fully saturated rings. The first-order valence-corrected chi connectivity index (χ1v) is 7.59. The van der Waals surface area contributed by atoms with Gasteiger partial charge in [-0.3, -0.25) is 10.1 Å². The van der Waals surface area contributed by atoms with Crippen molar-refractivity contribution in [2.24, 2.45) is 0 Å². The van der Waals surface area contributed by atoms with Crippen LogP contribution in [-0.2, 0) is 10.0 Å². The van der Waals surface area contributed by atoms with Gasteiger partial charge in [0.15, 0.2) is 0 Å². The van der Waals surface area contributed by atoms with Crippen LogP contribution in [0.3, 0.4) is 0 Å². The van der Waals surface area contributed by atoms with Crippen molar-refractivity contribution in [1.29, 1.82) is 0 Å². The van der Waals surface area contributed by atoms with Crippen LogP contribution >= 0.6 is 11.6 Å². The molecular formula is C11H16ClN3O4S. The predicted molar refractivity (Wildman–Crippen MR) is 76.6 cm³/mol. The predicted octanol–water partition coefficient (Wildman–Crippen LogP) is 1.40. The van der Waals surface area contributed by atoms with Crippen LogP contribution in [-0.4, -0.2) is 44.8 Å². The Labute approximate surface area is 122 Å². The lowest BCUT2D eigenvalue weighted by molar-refractivity contribution is -0.385. The van der Waals surface area contributed by atoms with Crippen LogP contribution in [0.2, 0.25) is 5.02 Å². The van der Waals surface area contributed by atoms with Crippen LogP contribution in [0.4, 0.5) is 5.69 Å². The molecule has 0 saturated carbocycles. The van der Waals surface area contributed by atoms with Gasteiger partial charge in [0.05, 0.1) is 14.8 Å². The summed E-state index contributed by atoms with van der Waals surface area (Å²) >= 11 is 5.88. The molecule has 1 aromatic rings. The standard InChI is InChI=1S/C11H16ClN3O4S/c1-8-10(12)6-9(7-11(8)15(16)17)20(18,19)14(3)5-4-13-2/h6-7,13H,4-5H2,1-3H3. The Bertz CT molecular complexity index is 618. The molecule has 0 atom stereocenters. The molecule has 7 nitrogen and oxygen atoms in total. The van der Waals surface area contributed by atoms with Crippen LogP contribution in [0.5, 0.6) is 0 Å². The highest BCUT2D eigenvalue weighted by Gasteiger charge is 2.25. The highest BCUT2D eigenvalue weighted by Crippen LogP contribution is 2.30. The molecule has 0 aliphatic carbocycles. The van der Waals surface area contributed by atoms with Gasteiger partial charge in [-0.2, -0.15) is 4.31 Å². The van der Waals surface area contributed by atoms with Crippen molar-refractivity contribution in [2.45, 2.75) is 11.8 Å². The van der Waals surface area contributed by atoms with Crippen LogP contribution in [0, 0.1) is 17.0 Å². The second-order valence-electron chi connectivity index (χ2n) is 4.24. The summed E-state index contributed by atoms with van der Waals surface area (Å²) in [5.74, 6) is 0. The minimum atomic E-state index is -3.80. The summed E-state index contributed by atoms with van der Waals surface area (Å²) in [4.78, 5) is 10.1. The average molecular weight is 322 g/mol. The van der Waals surface area contributed by atoms with Crippen LogP contribution in [0.1, 0.15) is 5.56 Å². The molecule has 0 unspecified atom stereocenters. The van der Waals surface area contributed by atoms with E-state index >= 15 is 0 Å².